The zero-order valence-electron chi connectivity index (χ0n) is 6.02. The summed E-state index contributed by atoms with van der Waals surface area (Å²) < 4.78 is 5.12. The summed E-state index contributed by atoms with van der Waals surface area (Å²) in [6, 6.07) is -0.178. The van der Waals surface area contributed by atoms with Gasteiger partial charge in [0.1, 0.15) is 6.04 Å². The molecule has 58 valence electrons. The maximum Gasteiger partial charge on any atom is 0.239 e. The van der Waals surface area contributed by atoms with E-state index in [0.29, 0.717) is 19.8 Å². The zero-order valence-corrected chi connectivity index (χ0v) is 6.02. The van der Waals surface area contributed by atoms with Crippen LogP contribution in [0.4, 0.5) is 0 Å². The van der Waals surface area contributed by atoms with Gasteiger partial charge in [-0.2, -0.15) is 0 Å². The van der Waals surface area contributed by atoms with Gasteiger partial charge in [0.05, 0.1) is 13.2 Å². The van der Waals surface area contributed by atoms with Crippen LogP contribution in [0.15, 0.2) is 0 Å². The molecule has 0 spiro atoms. The summed E-state index contributed by atoms with van der Waals surface area (Å²) in [5.74, 6) is 0.0278. The number of ether oxygens (including phenoxy) is 1. The molecule has 0 saturated carbocycles. The van der Waals surface area contributed by atoms with Gasteiger partial charge >= 0.3 is 0 Å². The number of nitrogens with one attached hydrogen (secondary N) is 2. The number of carbonyl (C=O) groups excluding carboxylic acids is 1. The first-order valence-corrected chi connectivity index (χ1v) is 3.37. The van der Waals surface area contributed by atoms with Gasteiger partial charge in [0.25, 0.3) is 0 Å². The van der Waals surface area contributed by atoms with E-state index < -0.39 is 0 Å². The monoisotopic (exact) mass is 144 g/mol. The molecule has 0 aromatic rings. The van der Waals surface area contributed by atoms with Crippen LogP contribution in [-0.4, -0.2) is 38.8 Å². The Kier molecular flexibility index (Phi) is 2.65. The number of hydrogen-bond donors (Lipinski definition) is 2. The SMILES string of the molecule is CNC1COCCNC1=O. The number of likely N-dealkylation sites (N-methyl/N-ethyl adjacent to an activating group) is 1. The standard InChI is InChI=1S/C6H12N2O2/c1-7-5-4-10-3-2-8-6(5)9/h5,7H,2-4H2,1H3,(H,8,9). The van der Waals surface area contributed by atoms with Crippen LogP contribution in [-0.2, 0) is 9.53 Å². The van der Waals surface area contributed by atoms with Gasteiger partial charge in [0, 0.05) is 6.54 Å². The predicted molar refractivity (Wildman–Crippen MR) is 36.7 cm³/mol. The van der Waals surface area contributed by atoms with Crippen molar-refractivity contribution in [2.24, 2.45) is 0 Å². The van der Waals surface area contributed by atoms with Crippen LogP contribution in [0.25, 0.3) is 0 Å². The molecule has 1 saturated heterocycles. The fraction of sp³-hybridized carbons (Fsp3) is 0.833. The van der Waals surface area contributed by atoms with Crippen molar-refractivity contribution in [2.45, 2.75) is 6.04 Å². The first-order chi connectivity index (χ1) is 4.84. The quantitative estimate of drug-likeness (QED) is 0.482. The van der Waals surface area contributed by atoms with Crippen LogP contribution in [0, 0.1) is 0 Å². The Hall–Kier alpha value is -0.610. The second-order valence-electron chi connectivity index (χ2n) is 2.21. The van der Waals surface area contributed by atoms with Crippen molar-refractivity contribution in [3.8, 4) is 0 Å². The lowest BCUT2D eigenvalue weighted by Crippen LogP contribution is -2.43. The lowest BCUT2D eigenvalue weighted by Gasteiger charge is -2.09. The molecular formula is C6H12N2O2. The molecule has 1 aliphatic rings. The van der Waals surface area contributed by atoms with Gasteiger partial charge in [0.2, 0.25) is 5.91 Å². The van der Waals surface area contributed by atoms with Crippen molar-refractivity contribution in [3.63, 3.8) is 0 Å². The number of amides is 1. The maximum atomic E-state index is 11.0. The molecule has 1 fully saturated rings. The summed E-state index contributed by atoms with van der Waals surface area (Å²) in [5, 5.41) is 5.58. The summed E-state index contributed by atoms with van der Waals surface area (Å²) in [6.07, 6.45) is 0. The molecule has 0 aliphatic carbocycles. The first kappa shape index (κ1) is 7.50. The predicted octanol–water partition coefficient (Wildman–Crippen LogP) is -1.28. The first-order valence-electron chi connectivity index (χ1n) is 3.37. The van der Waals surface area contributed by atoms with Crippen molar-refractivity contribution < 1.29 is 9.53 Å². The molecule has 0 aromatic heterocycles. The summed E-state index contributed by atoms with van der Waals surface area (Å²) in [5.41, 5.74) is 0. The van der Waals surface area contributed by atoms with Crippen molar-refractivity contribution in [2.75, 3.05) is 26.8 Å². The molecule has 0 radical (unpaired) electrons. The van der Waals surface area contributed by atoms with E-state index in [0.717, 1.165) is 0 Å². The second-order valence-corrected chi connectivity index (χ2v) is 2.21. The van der Waals surface area contributed by atoms with Gasteiger partial charge in [-0.15, -0.1) is 0 Å². The summed E-state index contributed by atoms with van der Waals surface area (Å²) in [6.45, 7) is 1.71. The van der Waals surface area contributed by atoms with Gasteiger partial charge in [-0.3, -0.25) is 4.79 Å². The Morgan fingerprint density at radius 1 is 1.80 bits per heavy atom. The smallest absolute Gasteiger partial charge is 0.239 e. The third-order valence-corrected chi connectivity index (χ3v) is 1.50. The van der Waals surface area contributed by atoms with Crippen molar-refractivity contribution >= 4 is 5.91 Å². The number of hydrogen-bond acceptors (Lipinski definition) is 3. The average molecular weight is 144 g/mol. The third kappa shape index (κ3) is 1.68. The van der Waals surface area contributed by atoms with Crippen LogP contribution >= 0.6 is 0 Å². The molecule has 1 amide bonds. The molecule has 1 unspecified atom stereocenters. The summed E-state index contributed by atoms with van der Waals surface area (Å²) >= 11 is 0. The van der Waals surface area contributed by atoms with E-state index in [9.17, 15) is 4.79 Å². The van der Waals surface area contributed by atoms with E-state index in [-0.39, 0.29) is 11.9 Å². The second kappa shape index (κ2) is 3.53. The highest BCUT2D eigenvalue weighted by molar-refractivity contribution is 5.81. The summed E-state index contributed by atoms with van der Waals surface area (Å²) in [7, 11) is 1.75. The topological polar surface area (TPSA) is 50.4 Å². The van der Waals surface area contributed by atoms with Gasteiger partial charge in [-0.25, -0.2) is 0 Å². The van der Waals surface area contributed by atoms with Crippen molar-refractivity contribution in [3.05, 3.63) is 0 Å². The Bertz CT molecular complexity index is 127. The molecule has 1 atom stereocenters. The molecule has 4 nitrogen and oxygen atoms in total. The minimum atomic E-state index is -0.178. The normalized spacial score (nSPS) is 27.3. The molecule has 1 aliphatic heterocycles. The highest BCUT2D eigenvalue weighted by Gasteiger charge is 2.18. The van der Waals surface area contributed by atoms with E-state index in [1.165, 1.54) is 0 Å². The Balaban J connectivity index is 2.43. The number of carbonyl (C=O) groups is 1. The van der Waals surface area contributed by atoms with Crippen molar-refractivity contribution in [1.29, 1.82) is 0 Å². The van der Waals surface area contributed by atoms with E-state index in [4.69, 9.17) is 4.74 Å². The van der Waals surface area contributed by atoms with E-state index >= 15 is 0 Å². The lowest BCUT2D eigenvalue weighted by molar-refractivity contribution is -0.122. The zero-order chi connectivity index (χ0) is 7.40. The van der Waals surface area contributed by atoms with Gasteiger partial charge in [-0.1, -0.05) is 0 Å². The van der Waals surface area contributed by atoms with Crippen LogP contribution in [0.5, 0.6) is 0 Å². The summed E-state index contributed by atoms with van der Waals surface area (Å²) in [4.78, 5) is 11.0. The van der Waals surface area contributed by atoms with Crippen molar-refractivity contribution in [1.82, 2.24) is 10.6 Å². The van der Waals surface area contributed by atoms with Crippen LogP contribution < -0.4 is 10.6 Å². The Labute approximate surface area is 59.9 Å². The highest BCUT2D eigenvalue weighted by Crippen LogP contribution is 1.89. The molecule has 2 N–H and O–H groups in total. The fourth-order valence-corrected chi connectivity index (χ4v) is 0.861. The van der Waals surface area contributed by atoms with Crippen LogP contribution in [0.2, 0.25) is 0 Å². The molecule has 0 bridgehead atoms. The molecular weight excluding hydrogens is 132 g/mol. The molecule has 1 heterocycles. The van der Waals surface area contributed by atoms with E-state index in [2.05, 4.69) is 10.6 Å². The van der Waals surface area contributed by atoms with E-state index in [1.807, 2.05) is 0 Å². The van der Waals surface area contributed by atoms with Crippen LogP contribution in [0.1, 0.15) is 0 Å². The molecule has 1 rings (SSSR count). The third-order valence-electron chi connectivity index (χ3n) is 1.50. The minimum absolute atomic E-state index is 0.0278. The molecule has 10 heavy (non-hydrogen) atoms. The lowest BCUT2D eigenvalue weighted by atomic mass is 10.3. The van der Waals surface area contributed by atoms with Gasteiger partial charge in [-0.05, 0) is 7.05 Å². The highest BCUT2D eigenvalue weighted by atomic mass is 16.5. The van der Waals surface area contributed by atoms with Gasteiger partial charge < -0.3 is 15.4 Å². The average Bonchev–Trinajstić information content (AvgIpc) is 2.13. The fourth-order valence-electron chi connectivity index (χ4n) is 0.861. The Morgan fingerprint density at radius 3 is 3.30 bits per heavy atom. The molecule has 0 aromatic carbocycles. The largest absolute Gasteiger partial charge is 0.377 e. The minimum Gasteiger partial charge on any atom is -0.377 e. The van der Waals surface area contributed by atoms with Crippen LogP contribution in [0.3, 0.4) is 0 Å². The van der Waals surface area contributed by atoms with E-state index in [1.54, 1.807) is 7.05 Å². The molecule has 4 heteroatoms. The maximum absolute atomic E-state index is 11.0. The Morgan fingerprint density at radius 2 is 2.60 bits per heavy atom. The number of rotatable bonds is 1. The van der Waals surface area contributed by atoms with Gasteiger partial charge in [0.15, 0.2) is 0 Å².